The van der Waals surface area contributed by atoms with Gasteiger partial charge in [0.25, 0.3) is 5.91 Å². The van der Waals surface area contributed by atoms with Crippen LogP contribution in [0.3, 0.4) is 0 Å². The summed E-state index contributed by atoms with van der Waals surface area (Å²) in [6, 6.07) is 9.12. The second-order valence-electron chi connectivity index (χ2n) is 8.76. The summed E-state index contributed by atoms with van der Waals surface area (Å²) in [6.07, 6.45) is 3.85. The SMILES string of the molecule is CC(C)(C)N(C(=O)c1ccccc1)C1=N[C@@]2(c3cnccn3)CN(C(=O)O)C[C@H]2CS1. The van der Waals surface area contributed by atoms with E-state index in [0.717, 1.165) is 0 Å². The molecule has 1 N–H and O–H groups in total. The van der Waals surface area contributed by atoms with E-state index >= 15 is 0 Å². The average Bonchev–Trinajstić information content (AvgIpc) is 3.15. The summed E-state index contributed by atoms with van der Waals surface area (Å²) < 4.78 is 0. The van der Waals surface area contributed by atoms with Crippen molar-refractivity contribution in [2.75, 3.05) is 18.8 Å². The standard InChI is InChI=1S/C22H25N5O3S/c1-21(2,3)27(18(28)15-7-5-4-6-8-15)19-25-22(17-11-23-9-10-24-17)14-26(20(29)30)12-16(22)13-31-19/h4-11,16H,12-14H2,1-3H3,(H,29,30)/t16-,22-/m0/s1. The van der Waals surface area contributed by atoms with Crippen molar-refractivity contribution < 1.29 is 14.7 Å². The van der Waals surface area contributed by atoms with Crippen LogP contribution in [0.4, 0.5) is 4.79 Å². The summed E-state index contributed by atoms with van der Waals surface area (Å²) in [6.45, 7) is 6.47. The Labute approximate surface area is 185 Å². The van der Waals surface area contributed by atoms with Gasteiger partial charge in [-0.25, -0.2) is 9.79 Å². The van der Waals surface area contributed by atoms with Crippen molar-refractivity contribution in [2.45, 2.75) is 31.8 Å². The molecule has 2 aliphatic rings. The number of thioether (sulfide) groups is 1. The lowest BCUT2D eigenvalue weighted by Crippen LogP contribution is -2.52. The first-order valence-corrected chi connectivity index (χ1v) is 11.1. The molecule has 1 aromatic carbocycles. The number of fused-ring (bicyclic) bond motifs is 1. The van der Waals surface area contributed by atoms with Crippen molar-refractivity contribution in [1.82, 2.24) is 19.8 Å². The van der Waals surface area contributed by atoms with Gasteiger partial charge in [-0.1, -0.05) is 30.0 Å². The van der Waals surface area contributed by atoms with Gasteiger partial charge in [-0.05, 0) is 32.9 Å². The van der Waals surface area contributed by atoms with Crippen molar-refractivity contribution in [3.63, 3.8) is 0 Å². The summed E-state index contributed by atoms with van der Waals surface area (Å²) in [5, 5.41) is 10.2. The number of nitrogens with zero attached hydrogens (tertiary/aromatic N) is 5. The highest BCUT2D eigenvalue weighted by Crippen LogP contribution is 2.46. The van der Waals surface area contributed by atoms with E-state index in [-0.39, 0.29) is 18.4 Å². The first-order valence-electron chi connectivity index (χ1n) is 10.1. The molecule has 4 rings (SSSR count). The summed E-state index contributed by atoms with van der Waals surface area (Å²) in [4.78, 5) is 42.1. The predicted molar refractivity (Wildman–Crippen MR) is 119 cm³/mol. The zero-order valence-corrected chi connectivity index (χ0v) is 18.5. The number of aliphatic imine (C=N–C) groups is 1. The largest absolute Gasteiger partial charge is 0.465 e. The van der Waals surface area contributed by atoms with E-state index in [2.05, 4.69) is 9.97 Å². The Morgan fingerprint density at radius 1 is 1.23 bits per heavy atom. The molecule has 0 aliphatic carbocycles. The van der Waals surface area contributed by atoms with Crippen LogP contribution in [0.25, 0.3) is 0 Å². The van der Waals surface area contributed by atoms with Crippen LogP contribution in [-0.4, -0.2) is 66.4 Å². The van der Waals surface area contributed by atoms with Gasteiger partial charge in [0.15, 0.2) is 5.17 Å². The van der Waals surface area contributed by atoms with Gasteiger partial charge in [0.05, 0.1) is 18.4 Å². The number of benzene rings is 1. The highest BCUT2D eigenvalue weighted by atomic mass is 32.2. The molecule has 1 aromatic heterocycles. The van der Waals surface area contributed by atoms with Crippen LogP contribution in [0.15, 0.2) is 53.9 Å². The number of hydrogen-bond donors (Lipinski definition) is 1. The van der Waals surface area contributed by atoms with Crippen molar-refractivity contribution in [3.8, 4) is 0 Å². The maximum Gasteiger partial charge on any atom is 0.407 e. The number of carbonyl (C=O) groups is 2. The van der Waals surface area contributed by atoms with E-state index in [1.165, 1.54) is 16.7 Å². The van der Waals surface area contributed by atoms with E-state index in [1.807, 2.05) is 39.0 Å². The Balaban J connectivity index is 1.82. The predicted octanol–water partition coefficient (Wildman–Crippen LogP) is 3.33. The Hall–Kier alpha value is -2.94. The normalized spacial score (nSPS) is 23.1. The minimum absolute atomic E-state index is 0.0531. The molecule has 0 radical (unpaired) electrons. The van der Waals surface area contributed by atoms with E-state index in [4.69, 9.17) is 4.99 Å². The van der Waals surface area contributed by atoms with Gasteiger partial charge in [0.1, 0.15) is 5.54 Å². The molecule has 2 atom stereocenters. The monoisotopic (exact) mass is 439 g/mol. The zero-order chi connectivity index (χ0) is 22.2. The maximum absolute atomic E-state index is 13.5. The fraction of sp³-hybridized carbons (Fsp3) is 0.409. The summed E-state index contributed by atoms with van der Waals surface area (Å²) >= 11 is 1.49. The molecule has 162 valence electrons. The molecule has 2 aliphatic heterocycles. The van der Waals surface area contributed by atoms with Crippen LogP contribution < -0.4 is 0 Å². The maximum atomic E-state index is 13.5. The minimum Gasteiger partial charge on any atom is -0.465 e. The molecule has 31 heavy (non-hydrogen) atoms. The Morgan fingerprint density at radius 3 is 2.58 bits per heavy atom. The lowest BCUT2D eigenvalue weighted by molar-refractivity contribution is 0.0751. The molecule has 8 nitrogen and oxygen atoms in total. The smallest absolute Gasteiger partial charge is 0.407 e. The number of rotatable bonds is 2. The third kappa shape index (κ3) is 3.89. The van der Waals surface area contributed by atoms with Crippen molar-refractivity contribution in [1.29, 1.82) is 0 Å². The highest BCUT2D eigenvalue weighted by Gasteiger charge is 2.54. The molecule has 3 heterocycles. The van der Waals surface area contributed by atoms with Crippen LogP contribution in [-0.2, 0) is 5.54 Å². The summed E-state index contributed by atoms with van der Waals surface area (Å²) in [5.74, 6) is 0.441. The lowest BCUT2D eigenvalue weighted by Gasteiger charge is -2.41. The number of aromatic nitrogens is 2. The fourth-order valence-corrected chi connectivity index (χ4v) is 5.56. The minimum atomic E-state index is -0.979. The van der Waals surface area contributed by atoms with Gasteiger partial charge in [-0.15, -0.1) is 0 Å². The average molecular weight is 440 g/mol. The zero-order valence-electron chi connectivity index (χ0n) is 17.7. The first-order chi connectivity index (χ1) is 14.7. The number of hydrogen-bond acceptors (Lipinski definition) is 6. The van der Waals surface area contributed by atoms with Crippen molar-refractivity contribution in [3.05, 3.63) is 60.2 Å². The van der Waals surface area contributed by atoms with Crippen molar-refractivity contribution in [2.24, 2.45) is 10.9 Å². The van der Waals surface area contributed by atoms with Crippen LogP contribution in [0.1, 0.15) is 36.8 Å². The van der Waals surface area contributed by atoms with Gasteiger partial charge < -0.3 is 10.0 Å². The topological polar surface area (TPSA) is 99.0 Å². The molecule has 9 heteroatoms. The number of amides is 2. The Kier molecular flexibility index (Phi) is 5.47. The number of carbonyl (C=O) groups excluding carboxylic acids is 1. The van der Waals surface area contributed by atoms with E-state index < -0.39 is 17.2 Å². The lowest BCUT2D eigenvalue weighted by atomic mass is 9.85. The fourth-order valence-electron chi connectivity index (χ4n) is 4.12. The first kappa shape index (κ1) is 21.3. The molecule has 0 spiro atoms. The van der Waals surface area contributed by atoms with Crippen LogP contribution in [0.5, 0.6) is 0 Å². The van der Waals surface area contributed by atoms with Crippen molar-refractivity contribution >= 4 is 28.9 Å². The molecule has 2 aromatic rings. The second-order valence-corrected chi connectivity index (χ2v) is 9.74. The molecule has 1 fully saturated rings. The quantitative estimate of drug-likeness (QED) is 0.771. The summed E-state index contributed by atoms with van der Waals surface area (Å²) in [5.41, 5.74) is -0.189. The highest BCUT2D eigenvalue weighted by molar-refractivity contribution is 8.13. The molecule has 0 saturated carbocycles. The van der Waals surface area contributed by atoms with Crippen LogP contribution in [0.2, 0.25) is 0 Å². The van der Waals surface area contributed by atoms with E-state index in [1.54, 1.807) is 35.6 Å². The Morgan fingerprint density at radius 2 is 1.97 bits per heavy atom. The molecule has 1 saturated heterocycles. The molecule has 0 bridgehead atoms. The van der Waals surface area contributed by atoms with Crippen LogP contribution in [0, 0.1) is 5.92 Å². The third-order valence-corrected chi connectivity index (χ3v) is 6.72. The second kappa shape index (κ2) is 7.96. The number of likely N-dealkylation sites (tertiary alicyclic amines) is 1. The molecule has 0 unspecified atom stereocenters. The van der Waals surface area contributed by atoms with Gasteiger partial charge in [0.2, 0.25) is 0 Å². The van der Waals surface area contributed by atoms with Gasteiger partial charge in [-0.2, -0.15) is 0 Å². The van der Waals surface area contributed by atoms with Gasteiger partial charge >= 0.3 is 6.09 Å². The van der Waals surface area contributed by atoms with Gasteiger partial charge in [-0.3, -0.25) is 19.7 Å². The summed E-state index contributed by atoms with van der Waals surface area (Å²) in [7, 11) is 0. The number of carboxylic acid groups (broad SMARTS) is 1. The number of amidine groups is 1. The van der Waals surface area contributed by atoms with E-state index in [0.29, 0.717) is 28.7 Å². The van der Waals surface area contributed by atoms with Crippen LogP contribution >= 0.6 is 11.8 Å². The third-order valence-electron chi connectivity index (χ3n) is 5.62. The van der Waals surface area contributed by atoms with E-state index in [9.17, 15) is 14.7 Å². The Bertz CT molecular complexity index is 1010. The van der Waals surface area contributed by atoms with Gasteiger partial charge in [0, 0.05) is 41.7 Å². The molecular weight excluding hydrogens is 414 g/mol. The molecule has 2 amide bonds. The molecular formula is C22H25N5O3S.